The van der Waals surface area contributed by atoms with Gasteiger partial charge in [0.25, 0.3) is 0 Å². The predicted octanol–water partition coefficient (Wildman–Crippen LogP) is 1.30. The second-order valence-electron chi connectivity index (χ2n) is 5.85. The summed E-state index contributed by atoms with van der Waals surface area (Å²) in [5, 5.41) is 2.74. The summed E-state index contributed by atoms with van der Waals surface area (Å²) in [6.45, 7) is 6.17. The molecule has 96 valence electrons. The van der Waals surface area contributed by atoms with Gasteiger partial charge in [0, 0.05) is 6.54 Å². The number of hydrogen-bond donors (Lipinski definition) is 1. The van der Waals surface area contributed by atoms with Crippen LogP contribution in [0.25, 0.3) is 0 Å². The van der Waals surface area contributed by atoms with Crippen molar-refractivity contribution in [2.75, 3.05) is 6.54 Å². The Balaban J connectivity index is 2.14. The first-order valence-electron chi connectivity index (χ1n) is 6.55. The van der Waals surface area contributed by atoms with E-state index < -0.39 is 5.54 Å². The van der Waals surface area contributed by atoms with Crippen molar-refractivity contribution in [1.29, 1.82) is 0 Å². The molecule has 1 saturated heterocycles. The van der Waals surface area contributed by atoms with Crippen LogP contribution >= 0.6 is 0 Å². The highest BCUT2D eigenvalue weighted by atomic mass is 16.2. The Kier molecular flexibility index (Phi) is 3.15. The lowest BCUT2D eigenvalue weighted by atomic mass is 9.93. The van der Waals surface area contributed by atoms with Gasteiger partial charge in [0.2, 0.25) is 11.8 Å². The average Bonchev–Trinajstić information content (AvgIpc) is 2.75. The van der Waals surface area contributed by atoms with Gasteiger partial charge in [-0.25, -0.2) is 0 Å². The van der Waals surface area contributed by atoms with E-state index in [1.807, 2.05) is 13.8 Å². The van der Waals surface area contributed by atoms with Crippen LogP contribution in [0.4, 0.5) is 0 Å². The molecular formula is C13H22N2O2. The maximum atomic E-state index is 12.2. The summed E-state index contributed by atoms with van der Waals surface area (Å²) in [6, 6.07) is -0.378. The molecular weight excluding hydrogens is 216 g/mol. The molecule has 4 heteroatoms. The van der Waals surface area contributed by atoms with E-state index in [4.69, 9.17) is 0 Å². The number of carbonyl (C=O) groups is 2. The molecule has 4 nitrogen and oxygen atoms in total. The van der Waals surface area contributed by atoms with Crippen molar-refractivity contribution in [3.8, 4) is 0 Å². The van der Waals surface area contributed by atoms with Crippen LogP contribution in [0.2, 0.25) is 0 Å². The van der Waals surface area contributed by atoms with E-state index in [2.05, 4.69) is 5.32 Å². The minimum absolute atomic E-state index is 0.0393. The zero-order chi connectivity index (χ0) is 12.6. The topological polar surface area (TPSA) is 49.4 Å². The summed E-state index contributed by atoms with van der Waals surface area (Å²) in [4.78, 5) is 25.9. The van der Waals surface area contributed by atoms with Gasteiger partial charge < -0.3 is 10.2 Å². The molecule has 2 rings (SSSR count). The summed E-state index contributed by atoms with van der Waals surface area (Å²) in [5.74, 6) is 0.598. The van der Waals surface area contributed by atoms with Crippen molar-refractivity contribution in [1.82, 2.24) is 10.2 Å². The van der Waals surface area contributed by atoms with Gasteiger partial charge in [-0.05, 0) is 39.5 Å². The number of nitrogens with zero attached hydrogens (tertiary/aromatic N) is 1. The van der Waals surface area contributed by atoms with Crippen molar-refractivity contribution < 1.29 is 9.59 Å². The van der Waals surface area contributed by atoms with E-state index in [-0.39, 0.29) is 17.9 Å². The fourth-order valence-corrected chi connectivity index (χ4v) is 2.84. The molecule has 0 bridgehead atoms. The Morgan fingerprint density at radius 2 is 1.88 bits per heavy atom. The standard InChI is InChI=1S/C13H22N2O2/c1-9-11(16)15(8-10-6-4-5-7-10)13(2,3)12(17)14-9/h9-10H,4-8H2,1-3H3,(H,14,17). The first-order valence-corrected chi connectivity index (χ1v) is 6.55. The zero-order valence-corrected chi connectivity index (χ0v) is 11.0. The van der Waals surface area contributed by atoms with Crippen LogP contribution < -0.4 is 5.32 Å². The van der Waals surface area contributed by atoms with Crippen LogP contribution in [-0.2, 0) is 9.59 Å². The summed E-state index contributed by atoms with van der Waals surface area (Å²) in [5.41, 5.74) is -0.702. The van der Waals surface area contributed by atoms with Gasteiger partial charge >= 0.3 is 0 Å². The second-order valence-corrected chi connectivity index (χ2v) is 5.85. The van der Waals surface area contributed by atoms with Crippen LogP contribution in [0.5, 0.6) is 0 Å². The highest BCUT2D eigenvalue weighted by Gasteiger charge is 2.45. The number of rotatable bonds is 2. The third kappa shape index (κ3) is 2.17. The molecule has 1 aliphatic heterocycles. The smallest absolute Gasteiger partial charge is 0.246 e. The lowest BCUT2D eigenvalue weighted by Crippen LogP contribution is -2.68. The average molecular weight is 238 g/mol. The maximum Gasteiger partial charge on any atom is 0.246 e. The van der Waals surface area contributed by atoms with E-state index in [1.54, 1.807) is 11.8 Å². The highest BCUT2D eigenvalue weighted by molar-refractivity contribution is 5.99. The maximum absolute atomic E-state index is 12.2. The summed E-state index contributed by atoms with van der Waals surface area (Å²) in [7, 11) is 0. The molecule has 0 aromatic rings. The number of nitrogens with one attached hydrogen (secondary N) is 1. The monoisotopic (exact) mass is 238 g/mol. The summed E-state index contributed by atoms with van der Waals surface area (Å²) in [6.07, 6.45) is 4.90. The molecule has 0 aromatic heterocycles. The predicted molar refractivity (Wildman–Crippen MR) is 65.4 cm³/mol. The number of piperazine rings is 1. The van der Waals surface area contributed by atoms with Gasteiger partial charge in [-0.15, -0.1) is 0 Å². The minimum Gasteiger partial charge on any atom is -0.343 e. The minimum atomic E-state index is -0.702. The van der Waals surface area contributed by atoms with E-state index in [1.165, 1.54) is 25.7 Å². The van der Waals surface area contributed by atoms with Crippen LogP contribution in [0.3, 0.4) is 0 Å². The summed E-state index contributed by atoms with van der Waals surface area (Å²) < 4.78 is 0. The fraction of sp³-hybridized carbons (Fsp3) is 0.846. The molecule has 0 spiro atoms. The molecule has 1 heterocycles. The highest BCUT2D eigenvalue weighted by Crippen LogP contribution is 2.29. The molecule has 1 atom stereocenters. The Morgan fingerprint density at radius 1 is 1.29 bits per heavy atom. The first kappa shape index (κ1) is 12.4. The van der Waals surface area contributed by atoms with Crippen LogP contribution in [0.15, 0.2) is 0 Å². The number of hydrogen-bond acceptors (Lipinski definition) is 2. The molecule has 17 heavy (non-hydrogen) atoms. The largest absolute Gasteiger partial charge is 0.343 e. The molecule has 1 N–H and O–H groups in total. The molecule has 1 unspecified atom stereocenters. The van der Waals surface area contributed by atoms with Crippen molar-refractivity contribution in [2.45, 2.75) is 58.0 Å². The Morgan fingerprint density at radius 3 is 2.47 bits per heavy atom. The van der Waals surface area contributed by atoms with Gasteiger partial charge in [0.15, 0.2) is 0 Å². The summed E-state index contributed by atoms with van der Waals surface area (Å²) >= 11 is 0. The molecule has 2 amide bonds. The second kappa shape index (κ2) is 4.31. The molecule has 0 aromatic carbocycles. The lowest BCUT2D eigenvalue weighted by Gasteiger charge is -2.44. The van der Waals surface area contributed by atoms with Gasteiger partial charge in [0.1, 0.15) is 11.6 Å². The fourth-order valence-electron chi connectivity index (χ4n) is 2.84. The van der Waals surface area contributed by atoms with E-state index in [9.17, 15) is 9.59 Å². The zero-order valence-electron chi connectivity index (χ0n) is 11.0. The SMILES string of the molecule is CC1NC(=O)C(C)(C)N(CC2CCCC2)C1=O. The van der Waals surface area contributed by atoms with Crippen molar-refractivity contribution >= 4 is 11.8 Å². The Labute approximate surface area is 103 Å². The first-order chi connectivity index (χ1) is 7.93. The van der Waals surface area contributed by atoms with Gasteiger partial charge in [0.05, 0.1) is 0 Å². The Bertz CT molecular complexity index is 332. The number of amides is 2. The van der Waals surface area contributed by atoms with Gasteiger partial charge in [-0.2, -0.15) is 0 Å². The Hall–Kier alpha value is -1.06. The van der Waals surface area contributed by atoms with Crippen molar-refractivity contribution in [3.05, 3.63) is 0 Å². The van der Waals surface area contributed by atoms with Crippen molar-refractivity contribution in [2.24, 2.45) is 5.92 Å². The molecule has 0 radical (unpaired) electrons. The molecule has 2 aliphatic rings. The quantitative estimate of drug-likeness (QED) is 0.788. The molecule has 1 aliphatic carbocycles. The third-order valence-electron chi connectivity index (χ3n) is 4.13. The number of carbonyl (C=O) groups excluding carboxylic acids is 2. The molecule has 2 fully saturated rings. The van der Waals surface area contributed by atoms with Gasteiger partial charge in [-0.3, -0.25) is 9.59 Å². The van der Waals surface area contributed by atoms with Crippen molar-refractivity contribution in [3.63, 3.8) is 0 Å². The lowest BCUT2D eigenvalue weighted by molar-refractivity contribution is -0.155. The van der Waals surface area contributed by atoms with Crippen LogP contribution in [-0.4, -0.2) is 34.8 Å². The third-order valence-corrected chi connectivity index (χ3v) is 4.13. The van der Waals surface area contributed by atoms with Gasteiger partial charge in [-0.1, -0.05) is 12.8 Å². The van der Waals surface area contributed by atoms with E-state index in [0.717, 1.165) is 6.54 Å². The molecule has 1 saturated carbocycles. The normalized spacial score (nSPS) is 29.6. The van der Waals surface area contributed by atoms with Crippen LogP contribution in [0.1, 0.15) is 46.5 Å². The van der Waals surface area contributed by atoms with E-state index >= 15 is 0 Å². The van der Waals surface area contributed by atoms with E-state index in [0.29, 0.717) is 5.92 Å². The van der Waals surface area contributed by atoms with Crippen LogP contribution in [0, 0.1) is 5.92 Å².